The molecule has 4 heteroatoms. The van der Waals surface area contributed by atoms with Gasteiger partial charge in [-0.05, 0) is 26.8 Å². The molecule has 98 valence electrons. The lowest BCUT2D eigenvalue weighted by atomic mass is 10.3. The molecule has 0 heterocycles. The Morgan fingerprint density at radius 3 is 1.65 bits per heavy atom. The number of nitrogens with zero attached hydrogens (tertiary/aromatic N) is 2. The van der Waals surface area contributed by atoms with Crippen LogP contribution in [0, 0.1) is 0 Å². The molecule has 0 rings (SSSR count). The molecule has 0 atom stereocenters. The third-order valence-electron chi connectivity index (χ3n) is 2.02. The van der Waals surface area contributed by atoms with Crippen molar-refractivity contribution >= 4 is 11.8 Å². The highest BCUT2D eigenvalue weighted by Crippen LogP contribution is 1.90. The van der Waals surface area contributed by atoms with Crippen molar-refractivity contribution < 1.29 is 9.59 Å². The fourth-order valence-electron chi connectivity index (χ4n) is 1.05. The van der Waals surface area contributed by atoms with Crippen LogP contribution in [0.15, 0.2) is 24.8 Å². The molecule has 0 bridgehead atoms. The van der Waals surface area contributed by atoms with Crippen LogP contribution in [0.4, 0.5) is 0 Å². The Balaban J connectivity index is 0. The van der Waals surface area contributed by atoms with Crippen LogP contribution in [0.25, 0.3) is 0 Å². The zero-order valence-corrected chi connectivity index (χ0v) is 11.6. The number of rotatable bonds is 4. The molecule has 0 aliphatic heterocycles. The largest absolute Gasteiger partial charge is 0.345 e. The fraction of sp³-hybridized carbons (Fsp3) is 0.538. The van der Waals surface area contributed by atoms with E-state index < -0.39 is 0 Å². The molecule has 0 aromatic heterocycles. The van der Waals surface area contributed by atoms with E-state index in [9.17, 15) is 9.59 Å². The maximum Gasteiger partial charge on any atom is 0.248 e. The summed E-state index contributed by atoms with van der Waals surface area (Å²) >= 11 is 0. The van der Waals surface area contributed by atoms with E-state index in [0.29, 0.717) is 5.57 Å². The van der Waals surface area contributed by atoms with Crippen LogP contribution in [0.3, 0.4) is 0 Å². The van der Waals surface area contributed by atoms with E-state index in [-0.39, 0.29) is 11.8 Å². The van der Waals surface area contributed by atoms with E-state index in [0.717, 1.165) is 13.1 Å². The summed E-state index contributed by atoms with van der Waals surface area (Å²) in [6.45, 7) is 14.0. The Morgan fingerprint density at radius 2 is 1.59 bits per heavy atom. The van der Waals surface area contributed by atoms with Crippen LogP contribution in [0.1, 0.15) is 20.8 Å². The van der Waals surface area contributed by atoms with Crippen LogP contribution >= 0.6 is 0 Å². The van der Waals surface area contributed by atoms with Gasteiger partial charge in [-0.1, -0.05) is 13.2 Å². The highest BCUT2D eigenvalue weighted by Gasteiger charge is 2.02. The Morgan fingerprint density at radius 1 is 1.18 bits per heavy atom. The minimum atomic E-state index is -0.00926. The standard InChI is InChI=1S/C7H13NO.C6H11NO/c1-4-7(9)8(5-2)6-3;1-5(2)6(8)7(3)4/h4H,1,5-6H2,2-3H3;1H2,2-4H3. The van der Waals surface area contributed by atoms with Crippen LogP contribution < -0.4 is 0 Å². The summed E-state index contributed by atoms with van der Waals surface area (Å²) in [5.74, 6) is 0.00463. The lowest BCUT2D eigenvalue weighted by molar-refractivity contribution is -0.126. The van der Waals surface area contributed by atoms with Gasteiger partial charge in [-0.2, -0.15) is 0 Å². The molecule has 0 saturated carbocycles. The van der Waals surface area contributed by atoms with Crippen molar-refractivity contribution in [3.63, 3.8) is 0 Å². The minimum Gasteiger partial charge on any atom is -0.345 e. The van der Waals surface area contributed by atoms with Gasteiger partial charge in [0.25, 0.3) is 0 Å². The van der Waals surface area contributed by atoms with Gasteiger partial charge in [0, 0.05) is 32.8 Å². The predicted octanol–water partition coefficient (Wildman–Crippen LogP) is 1.69. The molecule has 0 unspecified atom stereocenters. The van der Waals surface area contributed by atoms with Crippen LogP contribution in [-0.2, 0) is 9.59 Å². The van der Waals surface area contributed by atoms with Gasteiger partial charge >= 0.3 is 0 Å². The van der Waals surface area contributed by atoms with E-state index in [1.165, 1.54) is 11.0 Å². The number of likely N-dealkylation sites (N-methyl/N-ethyl adjacent to an activating group) is 2. The quantitative estimate of drug-likeness (QED) is 0.702. The van der Waals surface area contributed by atoms with Crippen LogP contribution in [0.2, 0.25) is 0 Å². The second-order valence-corrected chi connectivity index (χ2v) is 3.69. The van der Waals surface area contributed by atoms with Gasteiger partial charge in [0.1, 0.15) is 0 Å². The maximum atomic E-state index is 10.8. The highest BCUT2D eigenvalue weighted by molar-refractivity contribution is 5.91. The van der Waals surface area contributed by atoms with Gasteiger partial charge in [0.15, 0.2) is 0 Å². The Labute approximate surface area is 105 Å². The molecule has 0 spiro atoms. The van der Waals surface area contributed by atoms with Gasteiger partial charge in [-0.3, -0.25) is 9.59 Å². The number of hydrogen-bond acceptors (Lipinski definition) is 2. The molecule has 0 radical (unpaired) electrons. The van der Waals surface area contributed by atoms with Crippen molar-refractivity contribution in [2.45, 2.75) is 20.8 Å². The van der Waals surface area contributed by atoms with E-state index in [2.05, 4.69) is 13.2 Å². The first-order valence-electron chi connectivity index (χ1n) is 5.60. The SMILES string of the molecule is C=C(C)C(=O)N(C)C.C=CC(=O)N(CC)CC. The molecule has 4 nitrogen and oxygen atoms in total. The molecule has 0 fully saturated rings. The molecule has 0 saturated heterocycles. The Hall–Kier alpha value is -1.58. The third kappa shape index (κ3) is 8.25. The van der Waals surface area contributed by atoms with E-state index >= 15 is 0 Å². The molecule has 0 aliphatic carbocycles. The number of amides is 2. The van der Waals surface area contributed by atoms with Crippen molar-refractivity contribution in [2.75, 3.05) is 27.2 Å². The average Bonchev–Trinajstić information content (AvgIpc) is 2.29. The number of carbonyl (C=O) groups excluding carboxylic acids is 2. The smallest absolute Gasteiger partial charge is 0.248 e. The number of carbonyl (C=O) groups is 2. The van der Waals surface area contributed by atoms with Gasteiger partial charge in [-0.25, -0.2) is 0 Å². The zero-order valence-electron chi connectivity index (χ0n) is 11.6. The van der Waals surface area contributed by atoms with Gasteiger partial charge in [0.2, 0.25) is 11.8 Å². The molecular formula is C13H24N2O2. The molecular weight excluding hydrogens is 216 g/mol. The van der Waals surface area contributed by atoms with Gasteiger partial charge < -0.3 is 9.80 Å². The van der Waals surface area contributed by atoms with Crippen molar-refractivity contribution in [1.82, 2.24) is 9.80 Å². The van der Waals surface area contributed by atoms with Crippen LogP contribution in [-0.4, -0.2) is 48.8 Å². The Bertz CT molecular complexity index is 279. The predicted molar refractivity (Wildman–Crippen MR) is 71.6 cm³/mol. The highest BCUT2D eigenvalue weighted by atomic mass is 16.2. The summed E-state index contributed by atoms with van der Waals surface area (Å²) in [4.78, 5) is 24.7. The van der Waals surface area contributed by atoms with Gasteiger partial charge in [-0.15, -0.1) is 0 Å². The maximum absolute atomic E-state index is 10.8. The monoisotopic (exact) mass is 240 g/mol. The second kappa shape index (κ2) is 9.63. The number of hydrogen-bond donors (Lipinski definition) is 0. The third-order valence-corrected chi connectivity index (χ3v) is 2.02. The van der Waals surface area contributed by atoms with Crippen molar-refractivity contribution in [3.8, 4) is 0 Å². The normalized spacial score (nSPS) is 8.53. The summed E-state index contributed by atoms with van der Waals surface area (Å²) in [5.41, 5.74) is 0.579. The molecule has 2 amide bonds. The second-order valence-electron chi connectivity index (χ2n) is 3.69. The van der Waals surface area contributed by atoms with Gasteiger partial charge in [0.05, 0.1) is 0 Å². The first-order chi connectivity index (χ1) is 7.81. The summed E-state index contributed by atoms with van der Waals surface area (Å²) in [6.07, 6.45) is 1.34. The lowest BCUT2D eigenvalue weighted by Gasteiger charge is -2.15. The first-order valence-corrected chi connectivity index (χ1v) is 5.60. The zero-order chi connectivity index (χ0) is 14.0. The minimum absolute atomic E-state index is 0.00926. The molecule has 0 aromatic carbocycles. The Kier molecular flexibility index (Phi) is 10.1. The average molecular weight is 240 g/mol. The molecule has 0 N–H and O–H groups in total. The van der Waals surface area contributed by atoms with Crippen molar-refractivity contribution in [2.24, 2.45) is 0 Å². The summed E-state index contributed by atoms with van der Waals surface area (Å²) < 4.78 is 0. The summed E-state index contributed by atoms with van der Waals surface area (Å²) in [6, 6.07) is 0. The molecule has 0 aromatic rings. The van der Waals surface area contributed by atoms with E-state index in [1.54, 1.807) is 25.9 Å². The van der Waals surface area contributed by atoms with Crippen molar-refractivity contribution in [1.29, 1.82) is 0 Å². The van der Waals surface area contributed by atoms with E-state index in [4.69, 9.17) is 0 Å². The molecule has 0 aliphatic rings. The summed E-state index contributed by atoms with van der Waals surface area (Å²) in [7, 11) is 3.41. The van der Waals surface area contributed by atoms with Crippen LogP contribution in [0.5, 0.6) is 0 Å². The first kappa shape index (κ1) is 17.8. The summed E-state index contributed by atoms with van der Waals surface area (Å²) in [5, 5.41) is 0. The van der Waals surface area contributed by atoms with E-state index in [1.807, 2.05) is 13.8 Å². The molecule has 17 heavy (non-hydrogen) atoms. The topological polar surface area (TPSA) is 40.6 Å². The van der Waals surface area contributed by atoms with Crippen molar-refractivity contribution in [3.05, 3.63) is 24.8 Å². The lowest BCUT2D eigenvalue weighted by Crippen LogP contribution is -2.28. The fourth-order valence-corrected chi connectivity index (χ4v) is 1.05.